The summed E-state index contributed by atoms with van der Waals surface area (Å²) in [5, 5.41) is 0. The third-order valence-corrected chi connectivity index (χ3v) is 15.6. The number of hydrogen-bond donors (Lipinski definition) is 0. The van der Waals surface area contributed by atoms with Crippen molar-refractivity contribution < 1.29 is 28.6 Å². The van der Waals surface area contributed by atoms with Crippen molar-refractivity contribution >= 4 is 17.9 Å². The second kappa shape index (κ2) is 70.8. The van der Waals surface area contributed by atoms with Crippen LogP contribution in [-0.2, 0) is 28.6 Å². The van der Waals surface area contributed by atoms with Crippen molar-refractivity contribution in [3.63, 3.8) is 0 Å². The summed E-state index contributed by atoms with van der Waals surface area (Å²) in [6.45, 7) is 6.56. The molecular formula is C77H134O6. The van der Waals surface area contributed by atoms with Gasteiger partial charge >= 0.3 is 17.9 Å². The fraction of sp³-hybridized carbons (Fsp3) is 0.753. The van der Waals surface area contributed by atoms with Gasteiger partial charge in [0, 0.05) is 19.3 Å². The largest absolute Gasteiger partial charge is 0.462 e. The lowest BCUT2D eigenvalue weighted by Gasteiger charge is -2.18. The number of hydrogen-bond acceptors (Lipinski definition) is 6. The standard InChI is InChI=1S/C77H134O6/c1-4-7-10-13-16-19-22-24-26-28-30-32-34-35-36-37-38-39-40-41-43-44-46-48-50-52-55-58-61-64-67-70-76(79)82-73-74(72-81-75(78)69-66-63-60-57-54-21-18-15-12-9-6-3)83-77(80)71-68-65-62-59-56-53-51-49-47-45-42-33-31-29-27-25-23-20-17-14-11-8-5-2/h7,10,16,19,24,26,29-32,35-36,38-39,41,43,74H,4-6,8-9,11-15,17-18,20-23,25,27-28,33-34,37,40,42,44-73H2,1-3H3/b10-7-,19-16-,26-24-,31-29-,32-30-,36-35-,39-38-,43-41-. The Balaban J connectivity index is 4.23. The first-order chi connectivity index (χ1) is 41.0. The normalized spacial score (nSPS) is 12.7. The van der Waals surface area contributed by atoms with E-state index in [1.807, 2.05) is 0 Å². The van der Waals surface area contributed by atoms with E-state index >= 15 is 0 Å². The number of esters is 3. The maximum Gasteiger partial charge on any atom is 0.306 e. The van der Waals surface area contributed by atoms with Gasteiger partial charge in [-0.15, -0.1) is 0 Å². The summed E-state index contributed by atoms with van der Waals surface area (Å²) in [6.07, 6.45) is 95.8. The molecule has 0 heterocycles. The zero-order valence-corrected chi connectivity index (χ0v) is 54.9. The molecule has 0 aromatic rings. The average molecular weight is 1160 g/mol. The maximum atomic E-state index is 12.9. The molecule has 0 spiro atoms. The fourth-order valence-corrected chi connectivity index (χ4v) is 10.2. The lowest BCUT2D eigenvalue weighted by molar-refractivity contribution is -0.167. The van der Waals surface area contributed by atoms with Crippen LogP contribution < -0.4 is 0 Å². The van der Waals surface area contributed by atoms with Crippen LogP contribution >= 0.6 is 0 Å². The van der Waals surface area contributed by atoms with Gasteiger partial charge in [-0.25, -0.2) is 0 Å². The van der Waals surface area contributed by atoms with Crippen LogP contribution in [0.2, 0.25) is 0 Å². The Hall–Kier alpha value is -3.67. The van der Waals surface area contributed by atoms with E-state index in [1.165, 1.54) is 205 Å². The summed E-state index contributed by atoms with van der Waals surface area (Å²) in [7, 11) is 0. The van der Waals surface area contributed by atoms with Gasteiger partial charge in [0.15, 0.2) is 6.10 Å². The Morgan fingerprint density at radius 3 is 0.747 bits per heavy atom. The Morgan fingerprint density at radius 2 is 0.470 bits per heavy atom. The molecule has 0 saturated carbocycles. The zero-order chi connectivity index (χ0) is 59.9. The summed E-state index contributed by atoms with van der Waals surface area (Å²) in [6, 6.07) is 0. The Morgan fingerprint density at radius 1 is 0.253 bits per heavy atom. The predicted molar refractivity (Wildman–Crippen MR) is 362 cm³/mol. The molecule has 0 aliphatic rings. The van der Waals surface area contributed by atoms with Crippen molar-refractivity contribution in [1.29, 1.82) is 0 Å². The van der Waals surface area contributed by atoms with Gasteiger partial charge in [-0.1, -0.05) is 330 Å². The molecule has 0 aliphatic heterocycles. The minimum Gasteiger partial charge on any atom is -0.462 e. The molecule has 0 radical (unpaired) electrons. The van der Waals surface area contributed by atoms with Crippen LogP contribution in [-0.4, -0.2) is 37.2 Å². The van der Waals surface area contributed by atoms with E-state index in [0.29, 0.717) is 19.3 Å². The van der Waals surface area contributed by atoms with Crippen LogP contribution in [0.1, 0.15) is 355 Å². The van der Waals surface area contributed by atoms with E-state index < -0.39 is 6.10 Å². The van der Waals surface area contributed by atoms with Gasteiger partial charge < -0.3 is 14.2 Å². The lowest BCUT2D eigenvalue weighted by atomic mass is 10.0. The fourth-order valence-electron chi connectivity index (χ4n) is 10.2. The molecule has 1 unspecified atom stereocenters. The molecular weight excluding hydrogens is 1020 g/mol. The molecule has 478 valence electrons. The minimum absolute atomic E-state index is 0.0753. The van der Waals surface area contributed by atoms with Crippen molar-refractivity contribution in [2.24, 2.45) is 0 Å². The number of carbonyl (C=O) groups is 3. The molecule has 0 aromatic carbocycles. The predicted octanol–water partition coefficient (Wildman–Crippen LogP) is 24.8. The molecule has 0 amide bonds. The van der Waals surface area contributed by atoms with Crippen LogP contribution in [0.3, 0.4) is 0 Å². The number of unbranched alkanes of at least 4 members (excludes halogenated alkanes) is 38. The molecule has 0 rings (SSSR count). The summed E-state index contributed by atoms with van der Waals surface area (Å²) >= 11 is 0. The molecule has 0 aromatic heterocycles. The highest BCUT2D eigenvalue weighted by molar-refractivity contribution is 5.71. The molecule has 6 heteroatoms. The topological polar surface area (TPSA) is 78.9 Å². The van der Waals surface area contributed by atoms with Crippen molar-refractivity contribution in [3.8, 4) is 0 Å². The smallest absolute Gasteiger partial charge is 0.306 e. The van der Waals surface area contributed by atoms with Crippen molar-refractivity contribution in [2.75, 3.05) is 13.2 Å². The molecule has 0 saturated heterocycles. The molecule has 0 aliphatic carbocycles. The second-order valence-corrected chi connectivity index (χ2v) is 23.8. The van der Waals surface area contributed by atoms with Gasteiger partial charge in [0.1, 0.15) is 13.2 Å². The quantitative estimate of drug-likeness (QED) is 0.0261. The first kappa shape index (κ1) is 79.3. The van der Waals surface area contributed by atoms with E-state index in [0.717, 1.165) is 109 Å². The van der Waals surface area contributed by atoms with E-state index in [2.05, 4.69) is 118 Å². The molecule has 0 N–H and O–H groups in total. The minimum atomic E-state index is -0.780. The van der Waals surface area contributed by atoms with E-state index in [9.17, 15) is 14.4 Å². The third-order valence-electron chi connectivity index (χ3n) is 15.6. The van der Waals surface area contributed by atoms with E-state index in [-0.39, 0.29) is 31.1 Å². The SMILES string of the molecule is CC/C=C\C/C=C\C/C=C\C/C=C\C/C=C\C/C=C\C/C=C\CCCCCCCCCCCC(=O)OCC(COC(=O)CCCCCCCCCCCCC)OC(=O)CCCCCCCCCCCCC/C=C\CCCCCCCCCC. The van der Waals surface area contributed by atoms with Gasteiger partial charge in [-0.3, -0.25) is 14.4 Å². The van der Waals surface area contributed by atoms with Crippen LogP contribution in [0, 0.1) is 0 Å². The van der Waals surface area contributed by atoms with Crippen molar-refractivity contribution in [1.82, 2.24) is 0 Å². The first-order valence-electron chi connectivity index (χ1n) is 35.7. The summed E-state index contributed by atoms with van der Waals surface area (Å²) in [5.74, 6) is -0.867. The summed E-state index contributed by atoms with van der Waals surface area (Å²) in [5.41, 5.74) is 0. The average Bonchev–Trinajstić information content (AvgIpc) is 3.48. The number of rotatable bonds is 65. The van der Waals surface area contributed by atoms with Gasteiger partial charge in [-0.05, 0) is 103 Å². The first-order valence-corrected chi connectivity index (χ1v) is 35.7. The third kappa shape index (κ3) is 69.0. The van der Waals surface area contributed by atoms with Crippen LogP contribution in [0.4, 0.5) is 0 Å². The monoisotopic (exact) mass is 1160 g/mol. The lowest BCUT2D eigenvalue weighted by Crippen LogP contribution is -2.30. The Bertz CT molecular complexity index is 1610. The van der Waals surface area contributed by atoms with Crippen LogP contribution in [0.25, 0.3) is 0 Å². The number of allylic oxidation sites excluding steroid dienone is 16. The van der Waals surface area contributed by atoms with Crippen molar-refractivity contribution in [2.45, 2.75) is 361 Å². The molecule has 0 bridgehead atoms. The number of carbonyl (C=O) groups excluding carboxylic acids is 3. The Kier molecular flexibility index (Phi) is 67.7. The van der Waals surface area contributed by atoms with Crippen molar-refractivity contribution in [3.05, 3.63) is 97.2 Å². The van der Waals surface area contributed by atoms with Crippen LogP contribution in [0.15, 0.2) is 97.2 Å². The van der Waals surface area contributed by atoms with Gasteiger partial charge in [-0.2, -0.15) is 0 Å². The van der Waals surface area contributed by atoms with E-state index in [1.54, 1.807) is 0 Å². The highest BCUT2D eigenvalue weighted by Gasteiger charge is 2.19. The molecule has 83 heavy (non-hydrogen) atoms. The maximum absolute atomic E-state index is 12.9. The highest BCUT2D eigenvalue weighted by atomic mass is 16.6. The second-order valence-electron chi connectivity index (χ2n) is 23.8. The molecule has 1 atom stereocenters. The Labute approximate surface area is 515 Å². The number of ether oxygens (including phenoxy) is 3. The molecule has 6 nitrogen and oxygen atoms in total. The van der Waals surface area contributed by atoms with Gasteiger partial charge in [0.05, 0.1) is 0 Å². The van der Waals surface area contributed by atoms with Gasteiger partial charge in [0.2, 0.25) is 0 Å². The highest BCUT2D eigenvalue weighted by Crippen LogP contribution is 2.17. The van der Waals surface area contributed by atoms with Crippen LogP contribution in [0.5, 0.6) is 0 Å². The molecule has 0 fully saturated rings. The summed E-state index contributed by atoms with van der Waals surface area (Å²) < 4.78 is 17.0. The van der Waals surface area contributed by atoms with Gasteiger partial charge in [0.25, 0.3) is 0 Å². The van der Waals surface area contributed by atoms with E-state index in [4.69, 9.17) is 14.2 Å². The summed E-state index contributed by atoms with van der Waals surface area (Å²) in [4.78, 5) is 38.4. The zero-order valence-electron chi connectivity index (χ0n) is 54.9.